The first-order chi connectivity index (χ1) is 17.9. The minimum absolute atomic E-state index is 0.132. The predicted octanol–water partition coefficient (Wildman–Crippen LogP) is 6.63. The Morgan fingerprint density at radius 3 is 2.16 bits per heavy atom. The third-order valence-electron chi connectivity index (χ3n) is 6.06. The van der Waals surface area contributed by atoms with Crippen LogP contribution in [0.25, 0.3) is 0 Å². The van der Waals surface area contributed by atoms with E-state index in [1.165, 1.54) is 0 Å². The summed E-state index contributed by atoms with van der Waals surface area (Å²) >= 11 is 0. The number of rotatable bonds is 12. The number of anilines is 1. The number of para-hydroxylation sites is 1. The molecule has 0 saturated heterocycles. The highest BCUT2D eigenvalue weighted by Gasteiger charge is 2.36. The van der Waals surface area contributed by atoms with Gasteiger partial charge in [0.2, 0.25) is 5.91 Å². The largest absolute Gasteiger partial charge is 0.444 e. The van der Waals surface area contributed by atoms with E-state index in [9.17, 15) is 14.4 Å². The fourth-order valence-electron chi connectivity index (χ4n) is 4.26. The molecule has 0 heterocycles. The number of amides is 3. The van der Waals surface area contributed by atoms with Gasteiger partial charge in [-0.2, -0.15) is 0 Å². The molecular weight excluding hydrogens is 478 g/mol. The highest BCUT2D eigenvalue weighted by Crippen LogP contribution is 2.27. The quantitative estimate of drug-likeness (QED) is 0.306. The average molecular weight is 524 g/mol. The van der Waals surface area contributed by atoms with E-state index in [1.54, 1.807) is 25.7 Å². The lowest BCUT2D eigenvalue weighted by molar-refractivity contribution is -0.141. The molecule has 0 aromatic heterocycles. The Morgan fingerprint density at radius 2 is 1.58 bits per heavy atom. The second-order valence-corrected chi connectivity index (χ2v) is 11.2. The molecule has 0 bridgehead atoms. The van der Waals surface area contributed by atoms with Crippen molar-refractivity contribution in [1.29, 1.82) is 0 Å². The molecule has 2 unspecified atom stereocenters. The number of unbranched alkanes of at least 4 members (excludes halogenated alkanes) is 2. The van der Waals surface area contributed by atoms with E-state index < -0.39 is 23.8 Å². The Labute approximate surface area is 228 Å². The van der Waals surface area contributed by atoms with Gasteiger partial charge in [0.15, 0.2) is 0 Å². The second kappa shape index (κ2) is 14.6. The molecule has 2 atom stereocenters. The molecule has 0 aliphatic rings. The molecule has 2 aromatic carbocycles. The first-order valence-corrected chi connectivity index (χ1v) is 13.6. The van der Waals surface area contributed by atoms with Crippen molar-refractivity contribution in [3.63, 3.8) is 0 Å². The summed E-state index contributed by atoms with van der Waals surface area (Å²) in [4.78, 5) is 42.4. The topological polar surface area (TPSA) is 87.7 Å². The van der Waals surface area contributed by atoms with Crippen LogP contribution in [0.1, 0.15) is 84.4 Å². The van der Waals surface area contributed by atoms with Crippen molar-refractivity contribution < 1.29 is 19.1 Å². The number of benzene rings is 2. The Hall–Kier alpha value is -3.35. The summed E-state index contributed by atoms with van der Waals surface area (Å²) in [7, 11) is 0. The number of ether oxygens (including phenoxy) is 1. The smallest absolute Gasteiger partial charge is 0.408 e. The zero-order valence-electron chi connectivity index (χ0n) is 24.0. The van der Waals surface area contributed by atoms with Gasteiger partial charge in [-0.15, -0.1) is 0 Å². The van der Waals surface area contributed by atoms with Crippen LogP contribution >= 0.6 is 0 Å². The number of alkyl carbamates (subject to hydrolysis) is 1. The molecule has 208 valence electrons. The molecule has 2 rings (SSSR count). The van der Waals surface area contributed by atoms with Crippen LogP contribution in [0.4, 0.5) is 10.5 Å². The minimum Gasteiger partial charge on any atom is -0.444 e. The maximum absolute atomic E-state index is 14.2. The van der Waals surface area contributed by atoms with E-state index in [0.717, 1.165) is 24.8 Å². The summed E-state index contributed by atoms with van der Waals surface area (Å²) in [6, 6.07) is 15.2. The number of aryl methyl sites for hydroxylation is 1. The molecule has 3 amide bonds. The summed E-state index contributed by atoms with van der Waals surface area (Å²) < 4.78 is 5.46. The van der Waals surface area contributed by atoms with Crippen LogP contribution in [0, 0.1) is 12.8 Å². The summed E-state index contributed by atoms with van der Waals surface area (Å²) in [6.07, 6.45) is 2.40. The zero-order chi connectivity index (χ0) is 28.3. The lowest BCUT2D eigenvalue weighted by Crippen LogP contribution is -2.53. The van der Waals surface area contributed by atoms with Crippen LogP contribution in [0.15, 0.2) is 54.6 Å². The van der Waals surface area contributed by atoms with Crippen molar-refractivity contribution in [2.75, 3.05) is 11.9 Å². The highest BCUT2D eigenvalue weighted by atomic mass is 16.6. The molecule has 0 fully saturated rings. The molecular formula is C31H45N3O4. The van der Waals surface area contributed by atoms with E-state index in [4.69, 9.17) is 4.74 Å². The van der Waals surface area contributed by atoms with E-state index in [0.29, 0.717) is 24.2 Å². The highest BCUT2D eigenvalue weighted by molar-refractivity contribution is 5.99. The van der Waals surface area contributed by atoms with Gasteiger partial charge in [-0.25, -0.2) is 4.79 Å². The van der Waals surface area contributed by atoms with Crippen molar-refractivity contribution in [2.24, 2.45) is 5.92 Å². The zero-order valence-corrected chi connectivity index (χ0v) is 24.0. The van der Waals surface area contributed by atoms with E-state index in [-0.39, 0.29) is 17.7 Å². The molecule has 0 saturated carbocycles. The van der Waals surface area contributed by atoms with Crippen LogP contribution in [0.5, 0.6) is 0 Å². The summed E-state index contributed by atoms with van der Waals surface area (Å²) in [5.41, 5.74) is 1.64. The van der Waals surface area contributed by atoms with Crippen molar-refractivity contribution >= 4 is 23.6 Å². The van der Waals surface area contributed by atoms with Crippen molar-refractivity contribution in [3.05, 3.63) is 65.7 Å². The van der Waals surface area contributed by atoms with Gasteiger partial charge in [-0.05, 0) is 63.6 Å². The van der Waals surface area contributed by atoms with E-state index >= 15 is 0 Å². The van der Waals surface area contributed by atoms with Gasteiger partial charge in [0.1, 0.15) is 17.7 Å². The number of hydrogen-bond donors (Lipinski definition) is 2. The van der Waals surface area contributed by atoms with Crippen LogP contribution in [0.3, 0.4) is 0 Å². The second-order valence-electron chi connectivity index (χ2n) is 11.2. The van der Waals surface area contributed by atoms with Crippen LogP contribution < -0.4 is 10.6 Å². The third kappa shape index (κ3) is 9.84. The molecule has 2 aromatic rings. The maximum atomic E-state index is 14.2. The number of hydrogen-bond acceptors (Lipinski definition) is 4. The predicted molar refractivity (Wildman–Crippen MR) is 153 cm³/mol. The third-order valence-corrected chi connectivity index (χ3v) is 6.06. The van der Waals surface area contributed by atoms with Gasteiger partial charge in [-0.1, -0.05) is 82.1 Å². The summed E-state index contributed by atoms with van der Waals surface area (Å²) in [5, 5.41) is 5.84. The Morgan fingerprint density at radius 1 is 0.947 bits per heavy atom. The fraction of sp³-hybridized carbons (Fsp3) is 0.516. The molecule has 2 N–H and O–H groups in total. The van der Waals surface area contributed by atoms with Crippen LogP contribution in [-0.4, -0.2) is 41.0 Å². The van der Waals surface area contributed by atoms with Gasteiger partial charge in [0.25, 0.3) is 5.91 Å². The first-order valence-electron chi connectivity index (χ1n) is 13.6. The Balaban J connectivity index is 2.49. The number of nitrogens with zero attached hydrogens (tertiary/aromatic N) is 1. The van der Waals surface area contributed by atoms with Gasteiger partial charge in [0.05, 0.1) is 0 Å². The molecule has 7 nitrogen and oxygen atoms in total. The molecule has 0 spiro atoms. The number of carbonyl (C=O) groups excluding carboxylic acids is 3. The lowest BCUT2D eigenvalue weighted by Gasteiger charge is -2.35. The van der Waals surface area contributed by atoms with Gasteiger partial charge >= 0.3 is 6.09 Å². The first kappa shape index (κ1) is 30.9. The molecule has 0 radical (unpaired) electrons. The minimum atomic E-state index is -0.865. The number of carbonyl (C=O) groups is 3. The average Bonchev–Trinajstić information content (AvgIpc) is 2.83. The SMILES string of the molecule is CCCCCN(C(=O)C(CC(C)C)NC(=O)OC(C)(C)C)C(C(=O)Nc1ccccc1C)c1ccccc1. The molecule has 0 aliphatic carbocycles. The van der Waals surface area contributed by atoms with E-state index in [1.807, 2.05) is 75.4 Å². The molecule has 0 aliphatic heterocycles. The Bertz CT molecular complexity index is 1050. The standard InChI is InChI=1S/C31H45N3O4/c1-8-9-15-20-34(29(36)26(21-22(2)3)33-30(37)38-31(5,6)7)27(24-17-11-10-12-18-24)28(35)32-25-19-14-13-16-23(25)4/h10-14,16-19,22,26-27H,8-9,15,20-21H2,1-7H3,(H,32,35)(H,33,37). The lowest BCUT2D eigenvalue weighted by atomic mass is 9.98. The van der Waals surface area contributed by atoms with Crippen molar-refractivity contribution in [3.8, 4) is 0 Å². The van der Waals surface area contributed by atoms with Crippen molar-refractivity contribution in [1.82, 2.24) is 10.2 Å². The van der Waals surface area contributed by atoms with Gasteiger partial charge < -0.3 is 20.3 Å². The Kier molecular flexibility index (Phi) is 11.8. The van der Waals surface area contributed by atoms with Crippen molar-refractivity contribution in [2.45, 2.75) is 91.8 Å². The summed E-state index contributed by atoms with van der Waals surface area (Å²) in [5.74, 6) is -0.460. The molecule has 7 heteroatoms. The van der Waals surface area contributed by atoms with Gasteiger partial charge in [0, 0.05) is 12.2 Å². The summed E-state index contributed by atoms with van der Waals surface area (Å²) in [6.45, 7) is 13.8. The van der Waals surface area contributed by atoms with E-state index in [2.05, 4.69) is 17.6 Å². The maximum Gasteiger partial charge on any atom is 0.408 e. The normalized spacial score (nSPS) is 12.9. The van der Waals surface area contributed by atoms with Gasteiger partial charge in [-0.3, -0.25) is 9.59 Å². The fourth-order valence-corrected chi connectivity index (χ4v) is 4.26. The number of nitrogens with one attached hydrogen (secondary N) is 2. The van der Waals surface area contributed by atoms with Crippen LogP contribution in [0.2, 0.25) is 0 Å². The monoisotopic (exact) mass is 523 g/mol. The van der Waals surface area contributed by atoms with Crippen LogP contribution in [-0.2, 0) is 14.3 Å². The molecule has 38 heavy (non-hydrogen) atoms.